The first-order valence-corrected chi connectivity index (χ1v) is 2.46. The van der Waals surface area contributed by atoms with Crippen LogP contribution in [0.4, 0.5) is 0 Å². The molecule has 1 N–H and O–H groups in total. The van der Waals surface area contributed by atoms with E-state index < -0.39 is 0 Å². The van der Waals surface area contributed by atoms with Gasteiger partial charge in [-0.25, -0.2) is 0 Å². The Labute approximate surface area is 53.5 Å². The lowest BCUT2D eigenvalue weighted by atomic mass is 10.3. The molecule has 1 heterocycles. The number of nitrogens with one attached hydrogen (secondary N) is 1. The minimum Gasteiger partial charge on any atom is -0.264 e. The molecule has 0 fully saturated rings. The highest BCUT2D eigenvalue weighted by Gasteiger charge is 1.73. The average molecular weight is 124 g/mol. The van der Waals surface area contributed by atoms with Crippen LogP contribution in [-0.4, -0.2) is 4.98 Å². The summed E-state index contributed by atoms with van der Waals surface area (Å²) in [6.07, 6.45) is 3.60. The highest BCUT2D eigenvalue weighted by molar-refractivity contribution is 5.04. The van der Waals surface area contributed by atoms with Crippen molar-refractivity contribution in [1.29, 1.82) is 5.59 Å². The first-order chi connectivity index (χ1) is 4.39. The van der Waals surface area contributed by atoms with Gasteiger partial charge in [0, 0.05) is 12.4 Å². The molecule has 0 saturated heterocycles. The first-order valence-electron chi connectivity index (χ1n) is 2.46. The van der Waals surface area contributed by atoms with E-state index in [9.17, 15) is 0 Å². The summed E-state index contributed by atoms with van der Waals surface area (Å²) in [6.45, 7) is 2.02. The molecule has 0 aromatic carbocycles. The van der Waals surface area contributed by atoms with Crippen LogP contribution in [0.15, 0.2) is 24.5 Å². The van der Waals surface area contributed by atoms with Crippen molar-refractivity contribution in [3.63, 3.8) is 0 Å². The smallest absolute Gasteiger partial charge is 0.0297 e. The van der Waals surface area contributed by atoms with E-state index in [1.807, 2.05) is 25.3 Å². The Kier molecular flexibility index (Phi) is 4.22. The van der Waals surface area contributed by atoms with Crippen LogP contribution in [0.2, 0.25) is 0 Å². The monoisotopic (exact) mass is 124 g/mol. The maximum atomic E-state index is 7.50. The number of nitroso groups, excluding NO2 is 1. The quantitative estimate of drug-likeness (QED) is 0.535. The van der Waals surface area contributed by atoms with Crippen molar-refractivity contribution in [1.82, 2.24) is 4.98 Å². The third kappa shape index (κ3) is 3.34. The third-order valence-corrected chi connectivity index (χ3v) is 0.809. The van der Waals surface area contributed by atoms with Gasteiger partial charge in [0.1, 0.15) is 0 Å². The first kappa shape index (κ1) is 7.75. The summed E-state index contributed by atoms with van der Waals surface area (Å²) in [6, 6.07) is 3.95. The van der Waals surface area contributed by atoms with Crippen molar-refractivity contribution in [2.24, 2.45) is 0 Å². The molecule has 3 nitrogen and oxygen atoms in total. The lowest BCUT2D eigenvalue weighted by molar-refractivity contribution is 1.27. The highest BCUT2D eigenvalue weighted by atomic mass is 16.2. The summed E-state index contributed by atoms with van der Waals surface area (Å²) < 4.78 is 0. The SMILES string of the molecule is Cc1cccnc1.N=O. The molecule has 0 amide bonds. The Morgan fingerprint density at radius 3 is 2.44 bits per heavy atom. The predicted molar refractivity (Wildman–Crippen MR) is 35.1 cm³/mol. The summed E-state index contributed by atoms with van der Waals surface area (Å²) in [5.74, 6) is 0. The van der Waals surface area contributed by atoms with Gasteiger partial charge in [0.2, 0.25) is 0 Å². The predicted octanol–water partition coefficient (Wildman–Crippen LogP) is 1.72. The molecule has 9 heavy (non-hydrogen) atoms. The number of aromatic nitrogens is 1. The minimum atomic E-state index is 1.21. The summed E-state index contributed by atoms with van der Waals surface area (Å²) in [5.41, 5.74) is 5.71. The third-order valence-electron chi connectivity index (χ3n) is 0.809. The standard InChI is InChI=1S/C6H7N.HNO/c1-6-3-2-4-7-5-6;1-2/h2-5H,1H3;1H. The molecule has 0 aliphatic carbocycles. The maximum absolute atomic E-state index is 7.50. The van der Waals surface area contributed by atoms with Crippen LogP contribution in [0.5, 0.6) is 0 Å². The Morgan fingerprint density at radius 2 is 2.22 bits per heavy atom. The van der Waals surface area contributed by atoms with Crippen molar-refractivity contribution >= 4 is 0 Å². The molecule has 0 atom stereocenters. The van der Waals surface area contributed by atoms with E-state index in [0.29, 0.717) is 0 Å². The van der Waals surface area contributed by atoms with Crippen molar-refractivity contribution in [3.8, 4) is 0 Å². The second-order valence-electron chi connectivity index (χ2n) is 1.53. The molecule has 0 radical (unpaired) electrons. The van der Waals surface area contributed by atoms with Gasteiger partial charge in [0.05, 0.1) is 0 Å². The molecular formula is C6H8N2O. The summed E-state index contributed by atoms with van der Waals surface area (Å²) in [4.78, 5) is 11.4. The van der Waals surface area contributed by atoms with Gasteiger partial charge in [-0.3, -0.25) is 4.98 Å². The molecule has 0 saturated carbocycles. The van der Waals surface area contributed by atoms with E-state index in [1.54, 1.807) is 6.20 Å². The van der Waals surface area contributed by atoms with Crippen molar-refractivity contribution in [2.45, 2.75) is 6.92 Å². The molecule has 0 aliphatic rings. The molecular weight excluding hydrogens is 116 g/mol. The number of aryl methyl sites for hydroxylation is 1. The molecule has 0 aliphatic heterocycles. The van der Waals surface area contributed by atoms with Gasteiger partial charge < -0.3 is 0 Å². The van der Waals surface area contributed by atoms with Crippen LogP contribution in [-0.2, 0) is 0 Å². The second-order valence-corrected chi connectivity index (χ2v) is 1.53. The van der Waals surface area contributed by atoms with Gasteiger partial charge in [-0.15, -0.1) is 0 Å². The molecule has 0 unspecified atom stereocenters. The number of hydrogen-bond acceptors (Lipinski definition) is 3. The molecule has 1 aromatic heterocycles. The largest absolute Gasteiger partial charge is 0.264 e. The zero-order valence-corrected chi connectivity index (χ0v) is 5.16. The zero-order chi connectivity index (χ0) is 7.11. The van der Waals surface area contributed by atoms with E-state index in [1.165, 1.54) is 5.56 Å². The zero-order valence-electron chi connectivity index (χ0n) is 5.16. The van der Waals surface area contributed by atoms with Gasteiger partial charge in [-0.1, -0.05) is 11.7 Å². The van der Waals surface area contributed by atoms with E-state index in [-0.39, 0.29) is 0 Å². The van der Waals surface area contributed by atoms with E-state index >= 15 is 0 Å². The van der Waals surface area contributed by atoms with Crippen molar-refractivity contribution in [2.75, 3.05) is 0 Å². The van der Waals surface area contributed by atoms with Crippen LogP contribution in [0.25, 0.3) is 0 Å². The van der Waals surface area contributed by atoms with Crippen LogP contribution >= 0.6 is 0 Å². The highest BCUT2D eigenvalue weighted by Crippen LogP contribution is 1.88. The van der Waals surface area contributed by atoms with Gasteiger partial charge >= 0.3 is 0 Å². The second kappa shape index (κ2) is 4.90. The molecule has 1 aromatic rings. The van der Waals surface area contributed by atoms with Gasteiger partial charge in [0.25, 0.3) is 0 Å². The van der Waals surface area contributed by atoms with Crippen LogP contribution < -0.4 is 0 Å². The number of hydrogen-bond donors (Lipinski definition) is 1. The van der Waals surface area contributed by atoms with Crippen LogP contribution in [0, 0.1) is 17.4 Å². The van der Waals surface area contributed by atoms with E-state index in [4.69, 9.17) is 4.91 Å². The summed E-state index contributed by atoms with van der Waals surface area (Å²) >= 11 is 0. The molecule has 48 valence electrons. The number of pyridine rings is 1. The number of nitrogens with zero attached hydrogens (tertiary/aromatic N) is 1. The van der Waals surface area contributed by atoms with Crippen molar-refractivity contribution in [3.05, 3.63) is 35.0 Å². The Bertz CT molecular complexity index is 152. The Morgan fingerprint density at radius 1 is 1.56 bits per heavy atom. The van der Waals surface area contributed by atoms with Gasteiger partial charge in [0.15, 0.2) is 0 Å². The fraction of sp³-hybridized carbons (Fsp3) is 0.167. The lowest BCUT2D eigenvalue weighted by Gasteiger charge is -1.82. The van der Waals surface area contributed by atoms with Crippen LogP contribution in [0.3, 0.4) is 0 Å². The lowest BCUT2D eigenvalue weighted by Crippen LogP contribution is -1.69. The van der Waals surface area contributed by atoms with E-state index in [0.717, 1.165) is 0 Å². The molecule has 0 bridgehead atoms. The maximum Gasteiger partial charge on any atom is 0.0297 e. The molecule has 3 heteroatoms. The summed E-state index contributed by atoms with van der Waals surface area (Å²) in [5, 5.41) is 0. The van der Waals surface area contributed by atoms with Crippen LogP contribution in [0.1, 0.15) is 5.56 Å². The average Bonchev–Trinajstić information content (AvgIpc) is 1.94. The fourth-order valence-corrected chi connectivity index (χ4v) is 0.448. The molecule has 0 spiro atoms. The minimum absolute atomic E-state index is 1.21. The van der Waals surface area contributed by atoms with Gasteiger partial charge in [-0.2, -0.15) is 4.91 Å². The van der Waals surface area contributed by atoms with Crippen molar-refractivity contribution < 1.29 is 0 Å². The Balaban J connectivity index is 0.000000291. The summed E-state index contributed by atoms with van der Waals surface area (Å²) in [7, 11) is 0. The number of rotatable bonds is 0. The van der Waals surface area contributed by atoms with E-state index in [2.05, 4.69) is 10.6 Å². The topological polar surface area (TPSA) is 53.8 Å². The normalized spacial score (nSPS) is 7.22. The Hall–Kier alpha value is -1.25. The molecule has 1 rings (SSSR count). The fourth-order valence-electron chi connectivity index (χ4n) is 0.448. The van der Waals surface area contributed by atoms with Gasteiger partial charge in [-0.05, 0) is 18.6 Å².